The zero-order valence-corrected chi connectivity index (χ0v) is 32.6. The Labute approximate surface area is 325 Å². The van der Waals surface area contributed by atoms with Crippen molar-refractivity contribution < 1.29 is 32.3 Å². The van der Waals surface area contributed by atoms with Crippen LogP contribution >= 0.6 is 0 Å². The average molecular weight is 785 g/mol. The third kappa shape index (κ3) is 7.73. The van der Waals surface area contributed by atoms with Crippen LogP contribution in [-0.2, 0) is 35.6 Å². The molecule has 2 saturated carbocycles. The quantitative estimate of drug-likeness (QED) is 0.299. The van der Waals surface area contributed by atoms with Crippen LogP contribution in [0, 0.1) is 11.3 Å². The molecule has 296 valence electrons. The van der Waals surface area contributed by atoms with Crippen LogP contribution in [0.3, 0.4) is 0 Å². The smallest absolute Gasteiger partial charge is 0.407 e. The molecule has 7 rings (SSSR count). The van der Waals surface area contributed by atoms with Crippen molar-refractivity contribution in [3.05, 3.63) is 89.4 Å². The zero-order valence-electron chi connectivity index (χ0n) is 31.8. The maximum atomic E-state index is 14.6. The van der Waals surface area contributed by atoms with Gasteiger partial charge in [-0.15, -0.1) is 6.58 Å². The lowest BCUT2D eigenvalue weighted by Gasteiger charge is -2.35. The number of hydrogen-bond acceptors (Lipinski definition) is 9. The number of fused-ring (bicyclic) bond motifs is 6. The molecule has 2 aliphatic heterocycles. The van der Waals surface area contributed by atoms with Gasteiger partial charge in [-0.1, -0.05) is 75.4 Å². The van der Waals surface area contributed by atoms with Gasteiger partial charge in [-0.2, -0.15) is 5.10 Å². The molecule has 2 aliphatic carbocycles. The van der Waals surface area contributed by atoms with E-state index in [-0.39, 0.29) is 31.6 Å². The summed E-state index contributed by atoms with van der Waals surface area (Å²) in [5.74, 6) is -2.72. The van der Waals surface area contributed by atoms with E-state index in [9.17, 15) is 32.4 Å². The highest BCUT2D eigenvalue weighted by molar-refractivity contribution is 7.91. The molecule has 2 aromatic carbocycles. The van der Waals surface area contributed by atoms with Gasteiger partial charge in [0.1, 0.15) is 17.6 Å². The van der Waals surface area contributed by atoms with Crippen LogP contribution < -0.4 is 20.9 Å². The van der Waals surface area contributed by atoms with E-state index in [0.29, 0.717) is 43.2 Å². The normalized spacial score (nSPS) is 26.4. The van der Waals surface area contributed by atoms with Gasteiger partial charge >= 0.3 is 6.09 Å². The number of alkyl carbamates (subject to hydrolysis) is 1. The summed E-state index contributed by atoms with van der Waals surface area (Å²) < 4.78 is 34.4. The van der Waals surface area contributed by atoms with Gasteiger partial charge < -0.3 is 20.3 Å². The fourth-order valence-electron chi connectivity index (χ4n) is 7.77. The summed E-state index contributed by atoms with van der Waals surface area (Å²) in [5, 5.41) is 11.5. The Bertz CT molecular complexity index is 2290. The lowest BCUT2D eigenvalue weighted by Crippen LogP contribution is -2.60. The highest BCUT2D eigenvalue weighted by Gasteiger charge is 2.62. The number of carbonyl (C=O) groups is 4. The number of amides is 4. The number of aromatic nitrogens is 2. The first-order chi connectivity index (χ1) is 26.6. The first-order valence-electron chi connectivity index (χ1n) is 19.1. The monoisotopic (exact) mass is 784 g/mol. The number of benzene rings is 2. The van der Waals surface area contributed by atoms with Crippen molar-refractivity contribution in [2.24, 2.45) is 11.3 Å². The van der Waals surface area contributed by atoms with Crippen molar-refractivity contribution in [2.75, 3.05) is 13.2 Å². The summed E-state index contributed by atoms with van der Waals surface area (Å²) >= 11 is 0. The number of ether oxygens (including phenoxy) is 1. The SMILES string of the molecule is C=C[C@@H]1CC1(NC(=O)[C@@H]1CC2CN1C(=O)[C@H](C(C)(C)C)NC(=O)OCC/C=C/CCc1c(-c3ccc4ccccc4c3)cnn2c1=O)C(=O)NS(=O)(=O)C1CC1. The molecule has 1 aromatic heterocycles. The van der Waals surface area contributed by atoms with E-state index in [0.717, 1.165) is 16.3 Å². The summed E-state index contributed by atoms with van der Waals surface area (Å²) in [7, 11) is -3.93. The molecule has 4 amide bonds. The number of allylic oxidation sites excluding steroid dienone is 1. The predicted octanol–water partition coefficient (Wildman–Crippen LogP) is 3.91. The highest BCUT2D eigenvalue weighted by Crippen LogP contribution is 2.46. The maximum Gasteiger partial charge on any atom is 0.407 e. The first kappa shape index (κ1) is 38.9. The minimum absolute atomic E-state index is 0.0444. The van der Waals surface area contributed by atoms with Crippen LogP contribution in [0.5, 0.6) is 0 Å². The van der Waals surface area contributed by atoms with Gasteiger partial charge in [0.25, 0.3) is 11.5 Å². The number of rotatable bonds is 7. The molecule has 15 heteroatoms. The number of nitrogens with one attached hydrogen (secondary N) is 3. The van der Waals surface area contributed by atoms with Crippen molar-refractivity contribution in [1.82, 2.24) is 30.0 Å². The molecule has 4 aliphatic rings. The second-order valence-electron chi connectivity index (χ2n) is 16.3. The van der Waals surface area contributed by atoms with E-state index >= 15 is 0 Å². The zero-order chi connectivity index (χ0) is 40.0. The predicted molar refractivity (Wildman–Crippen MR) is 210 cm³/mol. The van der Waals surface area contributed by atoms with Crippen LogP contribution in [0.15, 0.2) is 78.3 Å². The number of sulfonamides is 1. The van der Waals surface area contributed by atoms with Crippen LogP contribution in [0.25, 0.3) is 21.9 Å². The summed E-state index contributed by atoms with van der Waals surface area (Å²) in [6.07, 6.45) is 8.43. The van der Waals surface area contributed by atoms with Crippen molar-refractivity contribution in [3.8, 4) is 11.1 Å². The van der Waals surface area contributed by atoms with Crippen molar-refractivity contribution >= 4 is 44.6 Å². The Morgan fingerprint density at radius 3 is 2.48 bits per heavy atom. The Morgan fingerprint density at radius 1 is 1.05 bits per heavy atom. The molecule has 1 saturated heterocycles. The van der Waals surface area contributed by atoms with Gasteiger partial charge in [-0.05, 0) is 66.3 Å². The lowest BCUT2D eigenvalue weighted by molar-refractivity contribution is -0.142. The molecular formula is C41H48N6O8S. The topological polar surface area (TPSA) is 186 Å². The average Bonchev–Trinajstić information content (AvgIpc) is 4.09. The van der Waals surface area contributed by atoms with Crippen LogP contribution in [0.1, 0.15) is 70.9 Å². The van der Waals surface area contributed by atoms with E-state index in [1.807, 2.05) is 54.6 Å². The summed E-state index contributed by atoms with van der Waals surface area (Å²) in [4.78, 5) is 71.5. The molecule has 3 heterocycles. The van der Waals surface area contributed by atoms with E-state index in [1.165, 1.54) is 15.7 Å². The minimum atomic E-state index is -3.93. The summed E-state index contributed by atoms with van der Waals surface area (Å²) in [5.41, 5.74) is -0.770. The number of carbonyl (C=O) groups excluding carboxylic acids is 4. The van der Waals surface area contributed by atoms with E-state index < -0.39 is 74.1 Å². The molecule has 0 spiro atoms. The molecule has 5 atom stereocenters. The Balaban J connectivity index is 1.27. The Hall–Kier alpha value is -5.31. The first-order valence-corrected chi connectivity index (χ1v) is 20.7. The fourth-order valence-corrected chi connectivity index (χ4v) is 9.13. The molecular weight excluding hydrogens is 737 g/mol. The molecule has 3 fully saturated rings. The van der Waals surface area contributed by atoms with E-state index in [1.54, 1.807) is 27.0 Å². The summed E-state index contributed by atoms with van der Waals surface area (Å²) in [6.45, 7) is 9.03. The van der Waals surface area contributed by atoms with Gasteiger partial charge in [-0.25, -0.2) is 17.9 Å². The second kappa shape index (κ2) is 15.0. The number of nitrogens with zero attached hydrogens (tertiary/aromatic N) is 3. The van der Waals surface area contributed by atoms with Gasteiger partial charge in [0.2, 0.25) is 21.8 Å². The molecule has 4 bridgehead atoms. The highest BCUT2D eigenvalue weighted by atomic mass is 32.2. The Kier molecular flexibility index (Phi) is 10.4. The fraction of sp³-hybridized carbons (Fsp3) is 0.463. The van der Waals surface area contributed by atoms with Crippen LogP contribution in [0.4, 0.5) is 4.79 Å². The Morgan fingerprint density at radius 2 is 1.79 bits per heavy atom. The third-order valence-electron chi connectivity index (χ3n) is 11.2. The van der Waals surface area contributed by atoms with E-state index in [2.05, 4.69) is 27.0 Å². The molecule has 56 heavy (non-hydrogen) atoms. The molecule has 3 N–H and O–H groups in total. The number of cyclic esters (lactones) is 1. The van der Waals surface area contributed by atoms with Crippen LogP contribution in [-0.4, -0.2) is 82.9 Å². The lowest BCUT2D eigenvalue weighted by atomic mass is 9.85. The van der Waals surface area contributed by atoms with Gasteiger partial charge in [0.05, 0.1) is 24.1 Å². The van der Waals surface area contributed by atoms with Gasteiger partial charge in [0.15, 0.2) is 0 Å². The second-order valence-corrected chi connectivity index (χ2v) is 18.3. The minimum Gasteiger partial charge on any atom is -0.449 e. The number of hydrogen-bond donors (Lipinski definition) is 3. The molecule has 14 nitrogen and oxygen atoms in total. The largest absolute Gasteiger partial charge is 0.449 e. The summed E-state index contributed by atoms with van der Waals surface area (Å²) in [6, 6.07) is 10.8. The molecule has 0 radical (unpaired) electrons. The third-order valence-corrected chi connectivity index (χ3v) is 13.1. The van der Waals surface area contributed by atoms with Crippen LogP contribution in [0.2, 0.25) is 0 Å². The molecule has 3 aromatic rings. The van der Waals surface area contributed by atoms with Crippen molar-refractivity contribution in [3.63, 3.8) is 0 Å². The molecule has 2 unspecified atom stereocenters. The maximum absolute atomic E-state index is 14.6. The van der Waals surface area contributed by atoms with Gasteiger partial charge in [-0.3, -0.25) is 23.9 Å². The van der Waals surface area contributed by atoms with E-state index in [4.69, 9.17) is 4.74 Å². The van der Waals surface area contributed by atoms with Crippen molar-refractivity contribution in [2.45, 2.75) is 94.6 Å². The standard InChI is InChI=1S/C41H48N6O8S/c1-5-28-22-41(28,38(51)45-56(53,54)30-17-18-30)44-35(48)33-21-29-24-46(33)37(50)34(40(2,3)4)43-39(52)55-19-11-7-6-8-14-31-32(23-42-47(29)36(31)49)27-16-15-25-12-9-10-13-26(25)20-27/h5-7,9-10,12-13,15-16,20,23,28-30,33-34H,1,8,11,14,17-19,21-22,24H2,2-4H3,(H,43,52)(H,44,48)(H,45,51)/b7-6+/t28-,29?,33+,34-,41?/m1/s1. The van der Waals surface area contributed by atoms with Gasteiger partial charge in [0, 0.05) is 30.0 Å². The van der Waals surface area contributed by atoms with Crippen molar-refractivity contribution in [1.29, 1.82) is 0 Å².